The van der Waals surface area contributed by atoms with E-state index < -0.39 is 11.9 Å². The number of nitrogens with one attached hydrogen (secondary N) is 2. The third-order valence-electron chi connectivity index (χ3n) is 4.81. The van der Waals surface area contributed by atoms with Crippen LogP contribution in [0.5, 0.6) is 0 Å². The zero-order valence-electron chi connectivity index (χ0n) is 15.7. The van der Waals surface area contributed by atoms with Gasteiger partial charge in [-0.2, -0.15) is 0 Å². The number of rotatable bonds is 7. The molecule has 0 unspecified atom stereocenters. The fourth-order valence-corrected chi connectivity index (χ4v) is 3.98. The van der Waals surface area contributed by atoms with Crippen LogP contribution in [0.3, 0.4) is 0 Å². The summed E-state index contributed by atoms with van der Waals surface area (Å²) in [6, 6.07) is 6.87. The standard InChI is InChI=1S/C19H26N4O3S/c1-14(21-19(25)16-5-3-11-26-16)18(24)20-13-15(17-6-4-12-27-17)23-9-7-22(2)8-10-23/h3-6,11-12,14-15H,7-10,13H2,1-2H3,(H,20,24)(H,21,25)/t14-,15+/m1/s1. The average molecular weight is 391 g/mol. The Morgan fingerprint density at radius 3 is 2.63 bits per heavy atom. The molecule has 2 amide bonds. The van der Waals surface area contributed by atoms with Crippen LogP contribution in [-0.2, 0) is 4.79 Å². The Hall–Kier alpha value is -2.16. The molecule has 0 radical (unpaired) electrons. The number of nitrogens with zero attached hydrogens (tertiary/aromatic N) is 2. The molecule has 2 aromatic heterocycles. The van der Waals surface area contributed by atoms with Crippen LogP contribution in [0.1, 0.15) is 28.4 Å². The van der Waals surface area contributed by atoms with Crippen molar-refractivity contribution in [3.63, 3.8) is 0 Å². The molecule has 0 aromatic carbocycles. The van der Waals surface area contributed by atoms with Crippen LogP contribution >= 0.6 is 11.3 Å². The van der Waals surface area contributed by atoms with E-state index in [-0.39, 0.29) is 17.7 Å². The van der Waals surface area contributed by atoms with Crippen molar-refractivity contribution in [3.05, 3.63) is 46.5 Å². The van der Waals surface area contributed by atoms with Crippen LogP contribution < -0.4 is 10.6 Å². The molecule has 0 bridgehead atoms. The summed E-state index contributed by atoms with van der Waals surface area (Å²) in [5, 5.41) is 7.72. The number of hydrogen-bond acceptors (Lipinski definition) is 6. The Morgan fingerprint density at radius 1 is 1.22 bits per heavy atom. The van der Waals surface area contributed by atoms with E-state index in [1.54, 1.807) is 30.4 Å². The van der Waals surface area contributed by atoms with Crippen LogP contribution in [0.15, 0.2) is 40.3 Å². The van der Waals surface area contributed by atoms with Gasteiger partial charge >= 0.3 is 0 Å². The first-order valence-electron chi connectivity index (χ1n) is 9.12. The molecule has 8 heteroatoms. The van der Waals surface area contributed by atoms with Crippen LogP contribution in [0.2, 0.25) is 0 Å². The summed E-state index contributed by atoms with van der Waals surface area (Å²) in [5.41, 5.74) is 0. The summed E-state index contributed by atoms with van der Waals surface area (Å²) in [5.74, 6) is -0.398. The summed E-state index contributed by atoms with van der Waals surface area (Å²) in [4.78, 5) is 30.5. The van der Waals surface area contributed by atoms with Gasteiger partial charge in [0.25, 0.3) is 5.91 Å². The van der Waals surface area contributed by atoms with E-state index in [9.17, 15) is 9.59 Å². The van der Waals surface area contributed by atoms with Crippen molar-refractivity contribution >= 4 is 23.2 Å². The van der Waals surface area contributed by atoms with Crippen molar-refractivity contribution < 1.29 is 14.0 Å². The molecule has 1 fully saturated rings. The summed E-state index contributed by atoms with van der Waals surface area (Å²) in [6.45, 7) is 6.17. The lowest BCUT2D eigenvalue weighted by atomic mass is 10.1. The number of piperazine rings is 1. The molecular formula is C19H26N4O3S. The number of furan rings is 1. The third-order valence-corrected chi connectivity index (χ3v) is 5.78. The van der Waals surface area contributed by atoms with Crippen molar-refractivity contribution in [2.24, 2.45) is 0 Å². The number of thiophene rings is 1. The topological polar surface area (TPSA) is 77.8 Å². The molecule has 0 spiro atoms. The minimum atomic E-state index is -0.640. The fraction of sp³-hybridized carbons (Fsp3) is 0.474. The van der Waals surface area contributed by atoms with E-state index in [2.05, 4.69) is 38.9 Å². The predicted octanol–water partition coefficient (Wildman–Crippen LogP) is 1.56. The highest BCUT2D eigenvalue weighted by molar-refractivity contribution is 7.10. The molecular weight excluding hydrogens is 364 g/mol. The van der Waals surface area contributed by atoms with Gasteiger partial charge in [-0.3, -0.25) is 14.5 Å². The summed E-state index contributed by atoms with van der Waals surface area (Å²) < 4.78 is 5.06. The number of likely N-dealkylation sites (N-methyl/N-ethyl adjacent to an activating group) is 1. The molecule has 2 aromatic rings. The zero-order chi connectivity index (χ0) is 19.2. The van der Waals surface area contributed by atoms with Crippen LogP contribution in [-0.4, -0.2) is 67.4 Å². The normalized spacial score (nSPS) is 18.0. The molecule has 2 N–H and O–H groups in total. The molecule has 0 saturated carbocycles. The van der Waals surface area contributed by atoms with E-state index >= 15 is 0 Å². The van der Waals surface area contributed by atoms with Crippen molar-refractivity contribution in [1.82, 2.24) is 20.4 Å². The molecule has 1 aliphatic rings. The van der Waals surface area contributed by atoms with Gasteiger partial charge < -0.3 is 20.0 Å². The highest BCUT2D eigenvalue weighted by Crippen LogP contribution is 2.25. The van der Waals surface area contributed by atoms with E-state index in [0.29, 0.717) is 6.54 Å². The SMILES string of the molecule is C[C@@H](NC(=O)c1ccco1)C(=O)NC[C@@H](c1cccs1)N1CCN(C)CC1. The monoisotopic (exact) mass is 390 g/mol. The molecule has 1 aliphatic heterocycles. The first-order valence-corrected chi connectivity index (χ1v) is 10.0. The summed E-state index contributed by atoms with van der Waals surface area (Å²) >= 11 is 1.71. The highest BCUT2D eigenvalue weighted by atomic mass is 32.1. The average Bonchev–Trinajstić information content (AvgIpc) is 3.37. The van der Waals surface area contributed by atoms with Gasteiger partial charge in [0.2, 0.25) is 5.91 Å². The van der Waals surface area contributed by atoms with Gasteiger partial charge in [0.15, 0.2) is 5.76 Å². The Kier molecular flexibility index (Phi) is 6.65. The van der Waals surface area contributed by atoms with Crippen molar-refractivity contribution in [1.29, 1.82) is 0 Å². The Morgan fingerprint density at radius 2 is 2.00 bits per heavy atom. The van der Waals surface area contributed by atoms with Crippen molar-refractivity contribution in [2.45, 2.75) is 19.0 Å². The van der Waals surface area contributed by atoms with Gasteiger partial charge in [0.05, 0.1) is 12.3 Å². The third kappa shape index (κ3) is 5.18. The number of carbonyl (C=O) groups excluding carboxylic acids is 2. The first-order chi connectivity index (χ1) is 13.0. The molecule has 146 valence electrons. The van der Waals surface area contributed by atoms with E-state index in [1.807, 2.05) is 6.07 Å². The van der Waals surface area contributed by atoms with Gasteiger partial charge in [-0.25, -0.2) is 0 Å². The molecule has 3 rings (SSSR count). The first kappa shape index (κ1) is 19.6. The van der Waals surface area contributed by atoms with Gasteiger partial charge in [0, 0.05) is 37.6 Å². The highest BCUT2D eigenvalue weighted by Gasteiger charge is 2.26. The molecule has 3 heterocycles. The lowest BCUT2D eigenvalue weighted by molar-refractivity contribution is -0.122. The van der Waals surface area contributed by atoms with Crippen molar-refractivity contribution in [2.75, 3.05) is 39.8 Å². The smallest absolute Gasteiger partial charge is 0.287 e. The zero-order valence-corrected chi connectivity index (χ0v) is 16.5. The fourth-order valence-electron chi connectivity index (χ4n) is 3.12. The minimum Gasteiger partial charge on any atom is -0.459 e. The minimum absolute atomic E-state index is 0.149. The molecule has 2 atom stereocenters. The van der Waals surface area contributed by atoms with E-state index in [4.69, 9.17) is 4.42 Å². The maximum Gasteiger partial charge on any atom is 0.287 e. The second-order valence-corrected chi connectivity index (χ2v) is 7.77. The second kappa shape index (κ2) is 9.16. The lowest BCUT2D eigenvalue weighted by Gasteiger charge is -2.37. The van der Waals surface area contributed by atoms with Crippen molar-refractivity contribution in [3.8, 4) is 0 Å². The number of carbonyl (C=O) groups is 2. The van der Waals surface area contributed by atoms with E-state index in [0.717, 1.165) is 26.2 Å². The van der Waals surface area contributed by atoms with Crippen LogP contribution in [0.4, 0.5) is 0 Å². The predicted molar refractivity (Wildman–Crippen MR) is 105 cm³/mol. The quantitative estimate of drug-likeness (QED) is 0.750. The number of amides is 2. The maximum atomic E-state index is 12.5. The molecule has 27 heavy (non-hydrogen) atoms. The largest absolute Gasteiger partial charge is 0.459 e. The Bertz CT molecular complexity index is 724. The van der Waals surface area contributed by atoms with Gasteiger partial charge in [-0.1, -0.05) is 6.07 Å². The van der Waals surface area contributed by atoms with E-state index in [1.165, 1.54) is 11.1 Å². The summed E-state index contributed by atoms with van der Waals surface area (Å²) in [7, 11) is 2.13. The molecule has 7 nitrogen and oxygen atoms in total. The molecule has 0 aliphatic carbocycles. The lowest BCUT2D eigenvalue weighted by Crippen LogP contribution is -2.50. The van der Waals surface area contributed by atoms with Gasteiger partial charge in [-0.05, 0) is 37.6 Å². The maximum absolute atomic E-state index is 12.5. The van der Waals surface area contributed by atoms with Crippen LogP contribution in [0, 0.1) is 0 Å². The Balaban J connectivity index is 1.56. The second-order valence-electron chi connectivity index (χ2n) is 6.79. The Labute approximate surface area is 163 Å². The number of hydrogen-bond donors (Lipinski definition) is 2. The van der Waals surface area contributed by atoms with Gasteiger partial charge in [0.1, 0.15) is 6.04 Å². The molecule has 1 saturated heterocycles. The summed E-state index contributed by atoms with van der Waals surface area (Å²) in [6.07, 6.45) is 1.43. The van der Waals surface area contributed by atoms with Gasteiger partial charge in [-0.15, -0.1) is 11.3 Å². The van der Waals surface area contributed by atoms with Crippen LogP contribution in [0.25, 0.3) is 0 Å².